The zero-order chi connectivity index (χ0) is 31.0. The molecule has 3 saturated heterocycles. The molecule has 4 aliphatic rings. The van der Waals surface area contributed by atoms with Crippen LogP contribution in [0.4, 0.5) is 23.4 Å². The Hall–Kier alpha value is -4.37. The molecule has 0 aliphatic carbocycles. The second kappa shape index (κ2) is 10.3. The third kappa shape index (κ3) is 4.42. The third-order valence-corrected chi connectivity index (χ3v) is 9.73. The fraction of sp³-hybridized carbons (Fsp3) is 0.424. The minimum Gasteiger partial charge on any atom is -0.508 e. The lowest BCUT2D eigenvalue weighted by Gasteiger charge is -2.36. The Balaban J connectivity index is 1.33. The molecular formula is C33H29F4N5O3. The molecule has 0 bridgehead atoms. The molecule has 2 aromatic carbocycles. The molecule has 1 N–H and O–H groups in total. The summed E-state index contributed by atoms with van der Waals surface area (Å²) in [6.07, 6.45) is 6.38. The maximum Gasteiger partial charge on any atom is 0.319 e. The molecule has 1 unspecified atom stereocenters. The molecule has 8 nitrogen and oxygen atoms in total. The molecule has 45 heavy (non-hydrogen) atoms. The van der Waals surface area contributed by atoms with Gasteiger partial charge in [-0.15, -0.1) is 6.42 Å². The normalized spacial score (nSPS) is 25.9. The van der Waals surface area contributed by atoms with E-state index in [1.54, 1.807) is 4.90 Å². The summed E-state index contributed by atoms with van der Waals surface area (Å²) in [5, 5.41) is 11.3. The predicted molar refractivity (Wildman–Crippen MR) is 159 cm³/mol. The van der Waals surface area contributed by atoms with E-state index in [4.69, 9.17) is 15.9 Å². The number of hydrogen-bond acceptors (Lipinski definition) is 8. The molecule has 232 valence electrons. The zero-order valence-electron chi connectivity index (χ0n) is 24.2. The second-order valence-electron chi connectivity index (χ2n) is 12.4. The van der Waals surface area contributed by atoms with Crippen LogP contribution in [0, 0.1) is 24.0 Å². The quantitative estimate of drug-likeness (QED) is 0.238. The predicted octanol–water partition coefficient (Wildman–Crippen LogP) is 5.46. The first-order valence-corrected chi connectivity index (χ1v) is 15.1. The highest BCUT2D eigenvalue weighted by molar-refractivity contribution is 6.04. The number of halogens is 4. The van der Waals surface area contributed by atoms with Crippen molar-refractivity contribution in [1.29, 1.82) is 0 Å². The number of pyridine rings is 1. The van der Waals surface area contributed by atoms with Crippen molar-refractivity contribution < 1.29 is 32.1 Å². The number of terminal acetylenes is 1. The highest BCUT2D eigenvalue weighted by Gasteiger charge is 2.49. The van der Waals surface area contributed by atoms with Crippen LogP contribution in [-0.2, 0) is 0 Å². The van der Waals surface area contributed by atoms with Crippen LogP contribution in [0.15, 0.2) is 24.3 Å². The maximum atomic E-state index is 16.8. The van der Waals surface area contributed by atoms with Crippen LogP contribution >= 0.6 is 0 Å². The second-order valence-corrected chi connectivity index (χ2v) is 12.4. The average molecular weight is 620 g/mol. The number of ether oxygens (including phenoxy) is 2. The molecule has 4 aliphatic heterocycles. The van der Waals surface area contributed by atoms with E-state index in [1.807, 2.05) is 0 Å². The van der Waals surface area contributed by atoms with E-state index < -0.39 is 29.5 Å². The Labute approximate surface area is 256 Å². The van der Waals surface area contributed by atoms with Crippen molar-refractivity contribution in [3.05, 3.63) is 41.5 Å². The van der Waals surface area contributed by atoms with Gasteiger partial charge in [0.1, 0.15) is 59.5 Å². The van der Waals surface area contributed by atoms with Crippen LogP contribution in [0.1, 0.15) is 37.7 Å². The van der Waals surface area contributed by atoms with Gasteiger partial charge in [-0.1, -0.05) is 12.0 Å². The number of phenols is 1. The number of rotatable bonds is 4. The van der Waals surface area contributed by atoms with Gasteiger partial charge < -0.3 is 19.5 Å². The summed E-state index contributed by atoms with van der Waals surface area (Å²) >= 11 is 0. The van der Waals surface area contributed by atoms with E-state index in [2.05, 4.69) is 25.8 Å². The number of fused-ring (bicyclic) bond motifs is 4. The van der Waals surface area contributed by atoms with Crippen LogP contribution in [0.3, 0.4) is 0 Å². The fourth-order valence-electron chi connectivity index (χ4n) is 7.65. The Morgan fingerprint density at radius 3 is 2.80 bits per heavy atom. The summed E-state index contributed by atoms with van der Waals surface area (Å²) in [6.45, 7) is 1.37. The largest absolute Gasteiger partial charge is 0.508 e. The first-order valence-electron chi connectivity index (χ1n) is 15.1. The number of nitrogens with zero attached hydrogens (tertiary/aromatic N) is 5. The summed E-state index contributed by atoms with van der Waals surface area (Å²) in [4.78, 5) is 17.5. The van der Waals surface area contributed by atoms with Gasteiger partial charge in [0.15, 0.2) is 5.82 Å². The summed E-state index contributed by atoms with van der Waals surface area (Å²) in [5.41, 5.74) is -1.03. The lowest BCUT2D eigenvalue weighted by atomic mass is 9.95. The van der Waals surface area contributed by atoms with Crippen molar-refractivity contribution in [2.75, 3.05) is 37.7 Å². The van der Waals surface area contributed by atoms with Crippen LogP contribution < -0.4 is 14.4 Å². The molecule has 0 spiro atoms. The van der Waals surface area contributed by atoms with Crippen molar-refractivity contribution in [3.63, 3.8) is 0 Å². The van der Waals surface area contributed by atoms with Gasteiger partial charge in [0.25, 0.3) is 0 Å². The van der Waals surface area contributed by atoms with Gasteiger partial charge in [-0.25, -0.2) is 22.5 Å². The number of hydrogen-bond donors (Lipinski definition) is 1. The number of anilines is 1. The lowest BCUT2D eigenvalue weighted by molar-refractivity contribution is 0.107. The first kappa shape index (κ1) is 28.1. The van der Waals surface area contributed by atoms with Crippen LogP contribution in [0.5, 0.6) is 17.6 Å². The van der Waals surface area contributed by atoms with Gasteiger partial charge >= 0.3 is 6.01 Å². The van der Waals surface area contributed by atoms with Crippen LogP contribution in [-0.4, -0.2) is 81.7 Å². The third-order valence-electron chi connectivity index (χ3n) is 9.73. The highest BCUT2D eigenvalue weighted by atomic mass is 19.1. The Morgan fingerprint density at radius 1 is 1.09 bits per heavy atom. The van der Waals surface area contributed by atoms with E-state index in [-0.39, 0.29) is 82.4 Å². The molecule has 6 heterocycles. The van der Waals surface area contributed by atoms with Gasteiger partial charge in [0.05, 0.1) is 23.7 Å². The number of benzene rings is 2. The maximum absolute atomic E-state index is 16.8. The molecule has 0 amide bonds. The van der Waals surface area contributed by atoms with Crippen molar-refractivity contribution in [1.82, 2.24) is 19.9 Å². The van der Waals surface area contributed by atoms with Gasteiger partial charge in [0.2, 0.25) is 5.88 Å². The monoisotopic (exact) mass is 619 g/mol. The van der Waals surface area contributed by atoms with E-state index in [9.17, 15) is 18.3 Å². The number of alkyl halides is 2. The molecule has 4 aromatic rings. The van der Waals surface area contributed by atoms with Crippen molar-refractivity contribution >= 4 is 27.5 Å². The molecule has 0 radical (unpaired) electrons. The SMILES string of the molecule is C#Cc1c(F)ccc2cc(O)cc(-c3nc4c5c(nc(OC[C@@]67CCCN6C[C@H](F)C7)nc5c3F)N3CC(F)CC[C@H]3CO4)c12. The van der Waals surface area contributed by atoms with E-state index in [0.717, 1.165) is 19.4 Å². The fourth-order valence-corrected chi connectivity index (χ4v) is 7.65. The average Bonchev–Trinajstić information content (AvgIpc) is 3.50. The Morgan fingerprint density at radius 2 is 1.96 bits per heavy atom. The molecule has 2 aromatic heterocycles. The van der Waals surface area contributed by atoms with Crippen molar-refractivity contribution in [2.24, 2.45) is 0 Å². The van der Waals surface area contributed by atoms with Crippen molar-refractivity contribution in [2.45, 2.75) is 56.0 Å². The molecule has 8 rings (SSSR count). The van der Waals surface area contributed by atoms with Gasteiger partial charge in [-0.3, -0.25) is 4.90 Å². The van der Waals surface area contributed by atoms with Crippen LogP contribution in [0.25, 0.3) is 32.9 Å². The van der Waals surface area contributed by atoms with Crippen LogP contribution in [0.2, 0.25) is 0 Å². The topological polar surface area (TPSA) is 83.8 Å². The summed E-state index contributed by atoms with van der Waals surface area (Å²) < 4.78 is 73.2. The Bertz CT molecular complexity index is 1920. The number of aromatic nitrogens is 3. The minimum atomic E-state index is -1.13. The minimum absolute atomic E-state index is 0.0135. The summed E-state index contributed by atoms with van der Waals surface area (Å²) in [5.74, 6) is 0.793. The highest BCUT2D eigenvalue weighted by Crippen LogP contribution is 2.45. The molecule has 0 saturated carbocycles. The van der Waals surface area contributed by atoms with Gasteiger partial charge in [0, 0.05) is 23.9 Å². The summed E-state index contributed by atoms with van der Waals surface area (Å²) in [6, 6.07) is 4.88. The number of aromatic hydroxyl groups is 1. The first-order chi connectivity index (χ1) is 21.7. The van der Waals surface area contributed by atoms with Gasteiger partial charge in [-0.2, -0.15) is 9.97 Å². The number of phenolic OH excluding ortho intramolecular Hbond substituents is 1. The lowest BCUT2D eigenvalue weighted by Crippen LogP contribution is -2.47. The molecule has 12 heteroatoms. The van der Waals surface area contributed by atoms with E-state index >= 15 is 4.39 Å². The Kier molecular flexibility index (Phi) is 6.46. The van der Waals surface area contributed by atoms with E-state index in [0.29, 0.717) is 31.2 Å². The summed E-state index contributed by atoms with van der Waals surface area (Å²) in [7, 11) is 0. The molecular weight excluding hydrogens is 590 g/mol. The zero-order valence-corrected chi connectivity index (χ0v) is 24.2. The van der Waals surface area contributed by atoms with Gasteiger partial charge in [-0.05, 0) is 55.8 Å². The van der Waals surface area contributed by atoms with E-state index in [1.165, 1.54) is 24.3 Å². The number of piperidine rings is 1. The molecule has 4 atom stereocenters. The smallest absolute Gasteiger partial charge is 0.319 e. The molecule has 3 fully saturated rings. The van der Waals surface area contributed by atoms with Crippen molar-refractivity contribution in [3.8, 4) is 41.2 Å². The standard InChI is InChI=1S/C33H29F4N5O3/c1-2-22-24(36)7-4-17-10-21(43)11-23(25(17)22)28-27(37)29-26-30(42-14-18(34)5-6-20(42)15-44-31(26)38-28)40-32(39-29)45-16-33-8-3-9-41(33)13-19(35)12-33/h1,4,7,10-11,18-20,43H,3,5-6,8-9,12-16H2/t18?,19-,20+,33+/m1/s1.